The lowest BCUT2D eigenvalue weighted by atomic mass is 10.2. The average molecular weight is 276 g/mol. The Hall–Kier alpha value is -2.83. The van der Waals surface area contributed by atoms with Crippen molar-refractivity contribution < 1.29 is 13.9 Å². The zero-order chi connectivity index (χ0) is 14.5. The number of hydrogen-bond acceptors (Lipinski definition) is 5. The number of nitrogen functional groups attached to an aromatic ring is 1. The van der Waals surface area contributed by atoms with E-state index < -0.39 is 6.09 Å². The molecule has 0 radical (unpaired) electrons. The number of pyridine rings is 1. The van der Waals surface area contributed by atoms with Crippen LogP contribution in [0, 0.1) is 5.82 Å². The third kappa shape index (κ3) is 3.58. The van der Waals surface area contributed by atoms with Crippen LogP contribution in [0.5, 0.6) is 5.75 Å². The van der Waals surface area contributed by atoms with Gasteiger partial charge in [-0.15, -0.1) is 0 Å². The number of hydrogen-bond donors (Lipinski definition) is 3. The summed E-state index contributed by atoms with van der Waals surface area (Å²) in [6, 6.07) is 9.16. The summed E-state index contributed by atoms with van der Waals surface area (Å²) in [6.45, 7) is 0.461. The highest BCUT2D eigenvalue weighted by atomic mass is 19.1. The molecule has 0 aliphatic heterocycles. The van der Waals surface area contributed by atoms with Crippen LogP contribution in [0.25, 0.3) is 0 Å². The molecule has 1 aromatic carbocycles. The molecule has 6 nitrogen and oxygen atoms in total. The van der Waals surface area contributed by atoms with Gasteiger partial charge in [0.15, 0.2) is 11.6 Å². The molecule has 0 bridgehead atoms. The SMILES string of the molecule is NC(=O)Oc1ccc(NCc2ccc(F)cc2)nc1N. The number of rotatable bonds is 4. The standard InChI is InChI=1S/C13H13FN4O2/c14-9-3-1-8(2-4-9)7-17-11-6-5-10(12(15)18-11)20-13(16)19/h1-6H,7H2,(H2,16,19)(H3,15,17,18). The van der Waals surface area contributed by atoms with E-state index >= 15 is 0 Å². The number of carbonyl (C=O) groups excluding carboxylic acids is 1. The molecule has 1 amide bonds. The number of nitrogens with one attached hydrogen (secondary N) is 1. The number of anilines is 2. The van der Waals surface area contributed by atoms with E-state index in [4.69, 9.17) is 11.5 Å². The number of primary amides is 1. The molecule has 20 heavy (non-hydrogen) atoms. The van der Waals surface area contributed by atoms with Crippen LogP contribution in [-0.2, 0) is 6.54 Å². The van der Waals surface area contributed by atoms with Crippen molar-refractivity contribution in [2.75, 3.05) is 11.1 Å². The number of benzene rings is 1. The van der Waals surface area contributed by atoms with Gasteiger partial charge in [0.25, 0.3) is 0 Å². The van der Waals surface area contributed by atoms with E-state index in [1.807, 2.05) is 0 Å². The molecular weight excluding hydrogens is 263 g/mol. The summed E-state index contributed by atoms with van der Waals surface area (Å²) < 4.78 is 17.4. The average Bonchev–Trinajstić information content (AvgIpc) is 2.40. The van der Waals surface area contributed by atoms with Crippen molar-refractivity contribution in [3.63, 3.8) is 0 Å². The van der Waals surface area contributed by atoms with Crippen molar-refractivity contribution >= 4 is 17.7 Å². The third-order valence-corrected chi connectivity index (χ3v) is 2.48. The second-order valence-corrected chi connectivity index (χ2v) is 3.98. The summed E-state index contributed by atoms with van der Waals surface area (Å²) in [5, 5.41) is 3.02. The molecule has 7 heteroatoms. The van der Waals surface area contributed by atoms with Gasteiger partial charge in [0.2, 0.25) is 0 Å². The number of carbonyl (C=O) groups is 1. The highest BCUT2D eigenvalue weighted by Crippen LogP contribution is 2.21. The maximum absolute atomic E-state index is 12.8. The van der Waals surface area contributed by atoms with Crippen molar-refractivity contribution in [3.8, 4) is 5.75 Å². The Morgan fingerprint density at radius 3 is 2.55 bits per heavy atom. The van der Waals surface area contributed by atoms with Crippen LogP contribution < -0.4 is 21.5 Å². The maximum Gasteiger partial charge on any atom is 0.410 e. The van der Waals surface area contributed by atoms with Crippen LogP contribution >= 0.6 is 0 Å². The van der Waals surface area contributed by atoms with Crippen LogP contribution in [-0.4, -0.2) is 11.1 Å². The molecule has 0 fully saturated rings. The van der Waals surface area contributed by atoms with Gasteiger partial charge in [-0.05, 0) is 29.8 Å². The van der Waals surface area contributed by atoms with E-state index in [-0.39, 0.29) is 17.4 Å². The molecule has 2 rings (SSSR count). The van der Waals surface area contributed by atoms with E-state index in [1.165, 1.54) is 18.2 Å². The molecule has 0 aliphatic carbocycles. The van der Waals surface area contributed by atoms with Crippen molar-refractivity contribution in [3.05, 3.63) is 47.8 Å². The molecule has 0 saturated heterocycles. The summed E-state index contributed by atoms with van der Waals surface area (Å²) in [5.74, 6) is 0.366. The lowest BCUT2D eigenvalue weighted by molar-refractivity contribution is 0.211. The summed E-state index contributed by atoms with van der Waals surface area (Å²) in [5.41, 5.74) is 11.4. The summed E-state index contributed by atoms with van der Waals surface area (Å²) in [7, 11) is 0. The fraction of sp³-hybridized carbons (Fsp3) is 0.0769. The number of nitrogens with two attached hydrogens (primary N) is 2. The van der Waals surface area contributed by atoms with E-state index in [0.717, 1.165) is 5.56 Å². The second-order valence-electron chi connectivity index (χ2n) is 3.98. The minimum absolute atomic E-state index is 0.0490. The first-order valence-electron chi connectivity index (χ1n) is 5.77. The molecule has 5 N–H and O–H groups in total. The number of halogens is 1. The number of nitrogens with zero attached hydrogens (tertiary/aromatic N) is 1. The van der Waals surface area contributed by atoms with Gasteiger partial charge < -0.3 is 21.5 Å². The lowest BCUT2D eigenvalue weighted by Crippen LogP contribution is -2.17. The second kappa shape index (κ2) is 5.87. The minimum atomic E-state index is -0.953. The van der Waals surface area contributed by atoms with Crippen molar-refractivity contribution in [2.45, 2.75) is 6.54 Å². The van der Waals surface area contributed by atoms with E-state index in [9.17, 15) is 9.18 Å². The van der Waals surface area contributed by atoms with E-state index in [2.05, 4.69) is 15.0 Å². The first kappa shape index (κ1) is 13.6. The van der Waals surface area contributed by atoms with Crippen molar-refractivity contribution in [1.29, 1.82) is 0 Å². The number of amides is 1. The van der Waals surface area contributed by atoms with E-state index in [1.54, 1.807) is 18.2 Å². The highest BCUT2D eigenvalue weighted by Gasteiger charge is 2.06. The Morgan fingerprint density at radius 1 is 1.25 bits per heavy atom. The van der Waals surface area contributed by atoms with Gasteiger partial charge in [-0.1, -0.05) is 12.1 Å². The topological polar surface area (TPSA) is 103 Å². The first-order valence-corrected chi connectivity index (χ1v) is 5.77. The molecule has 1 aromatic heterocycles. The minimum Gasteiger partial charge on any atom is -0.407 e. The van der Waals surface area contributed by atoms with E-state index in [0.29, 0.717) is 12.4 Å². The Kier molecular flexibility index (Phi) is 3.99. The Bertz CT molecular complexity index is 616. The predicted molar refractivity (Wildman–Crippen MR) is 72.6 cm³/mol. The smallest absolute Gasteiger partial charge is 0.407 e. The number of ether oxygens (including phenoxy) is 1. The first-order chi connectivity index (χ1) is 9.54. The lowest BCUT2D eigenvalue weighted by Gasteiger charge is -2.08. The van der Waals surface area contributed by atoms with Crippen molar-refractivity contribution in [1.82, 2.24) is 4.98 Å². The van der Waals surface area contributed by atoms with Gasteiger partial charge in [0.1, 0.15) is 11.6 Å². The molecule has 0 unspecified atom stereocenters. The van der Waals surface area contributed by atoms with Gasteiger partial charge in [-0.3, -0.25) is 0 Å². The molecule has 1 heterocycles. The Labute approximate surface area is 114 Å². The Balaban J connectivity index is 2.01. The van der Waals surface area contributed by atoms with Crippen LogP contribution in [0.1, 0.15) is 5.56 Å². The summed E-state index contributed by atoms with van der Waals surface area (Å²) in [6.07, 6.45) is -0.953. The monoisotopic (exact) mass is 276 g/mol. The van der Waals surface area contributed by atoms with Gasteiger partial charge in [-0.2, -0.15) is 0 Å². The van der Waals surface area contributed by atoms with Gasteiger partial charge >= 0.3 is 6.09 Å². The summed E-state index contributed by atoms with van der Waals surface area (Å²) >= 11 is 0. The molecule has 0 atom stereocenters. The van der Waals surface area contributed by atoms with Crippen LogP contribution in [0.2, 0.25) is 0 Å². The van der Waals surface area contributed by atoms with Gasteiger partial charge in [0.05, 0.1) is 0 Å². The maximum atomic E-state index is 12.8. The summed E-state index contributed by atoms with van der Waals surface area (Å²) in [4.78, 5) is 14.6. The molecule has 0 saturated carbocycles. The zero-order valence-corrected chi connectivity index (χ0v) is 10.5. The molecule has 0 spiro atoms. The van der Waals surface area contributed by atoms with Crippen molar-refractivity contribution in [2.24, 2.45) is 5.73 Å². The van der Waals surface area contributed by atoms with Gasteiger partial charge in [-0.25, -0.2) is 14.2 Å². The highest BCUT2D eigenvalue weighted by molar-refractivity contribution is 5.70. The fourth-order valence-electron chi connectivity index (χ4n) is 1.55. The fourth-order valence-corrected chi connectivity index (χ4v) is 1.55. The molecule has 104 valence electrons. The quantitative estimate of drug-likeness (QED) is 0.791. The molecule has 2 aromatic rings. The largest absolute Gasteiger partial charge is 0.410 e. The predicted octanol–water partition coefficient (Wildman–Crippen LogP) is 1.87. The Morgan fingerprint density at radius 2 is 1.95 bits per heavy atom. The molecular formula is C13H13FN4O2. The zero-order valence-electron chi connectivity index (χ0n) is 10.5. The third-order valence-electron chi connectivity index (χ3n) is 2.48. The van der Waals surface area contributed by atoms with Crippen LogP contribution in [0.4, 0.5) is 20.8 Å². The number of aromatic nitrogens is 1. The van der Waals surface area contributed by atoms with Gasteiger partial charge in [0, 0.05) is 6.54 Å². The normalized spacial score (nSPS) is 10.1. The molecule has 0 aliphatic rings. The van der Waals surface area contributed by atoms with Crippen LogP contribution in [0.15, 0.2) is 36.4 Å². The van der Waals surface area contributed by atoms with Crippen LogP contribution in [0.3, 0.4) is 0 Å².